The number of nitrogens with two attached hydrogens (primary N) is 1. The maximum atomic E-state index is 12.2. The van der Waals surface area contributed by atoms with Crippen LogP contribution in [0.3, 0.4) is 0 Å². The van der Waals surface area contributed by atoms with Crippen LogP contribution in [0, 0.1) is 6.92 Å². The molecule has 0 spiro atoms. The summed E-state index contributed by atoms with van der Waals surface area (Å²) in [7, 11) is 0. The molecule has 0 unspecified atom stereocenters. The molecule has 0 radical (unpaired) electrons. The molecular formula is C7H6F3N5O. The Kier molecular flexibility index (Phi) is 2.10. The van der Waals surface area contributed by atoms with Gasteiger partial charge in [0, 0.05) is 5.56 Å². The molecule has 2 rings (SSSR count). The van der Waals surface area contributed by atoms with Crippen molar-refractivity contribution >= 4 is 5.82 Å². The summed E-state index contributed by atoms with van der Waals surface area (Å²) in [6.07, 6.45) is -4.64. The lowest BCUT2D eigenvalue weighted by Gasteiger charge is -1.96. The average molecular weight is 233 g/mol. The number of nitrogen functional groups attached to an aromatic ring is 1. The number of nitrogens with one attached hydrogen (secondary N) is 1. The Labute approximate surface area is 86.6 Å². The summed E-state index contributed by atoms with van der Waals surface area (Å²) in [5, 5.41) is 8.84. The fourth-order valence-electron chi connectivity index (χ4n) is 1.06. The van der Waals surface area contributed by atoms with Gasteiger partial charge in [0.25, 0.3) is 11.7 Å². The highest BCUT2D eigenvalue weighted by Crippen LogP contribution is 2.29. The van der Waals surface area contributed by atoms with Gasteiger partial charge in [-0.15, -0.1) is 0 Å². The number of aromatic amines is 1. The Bertz CT molecular complexity index is 514. The van der Waals surface area contributed by atoms with Crippen LogP contribution < -0.4 is 5.73 Å². The molecule has 0 aliphatic carbocycles. The predicted molar refractivity (Wildman–Crippen MR) is 46.0 cm³/mol. The van der Waals surface area contributed by atoms with E-state index in [1.807, 2.05) is 0 Å². The summed E-state index contributed by atoms with van der Waals surface area (Å²) in [5.74, 6) is -1.47. The van der Waals surface area contributed by atoms with Gasteiger partial charge in [-0.25, -0.2) is 0 Å². The number of H-pyrrole nitrogens is 1. The number of hydrogen-bond donors (Lipinski definition) is 2. The van der Waals surface area contributed by atoms with E-state index in [1.165, 1.54) is 0 Å². The molecule has 16 heavy (non-hydrogen) atoms. The summed E-state index contributed by atoms with van der Waals surface area (Å²) in [5.41, 5.74) is 6.05. The van der Waals surface area contributed by atoms with Gasteiger partial charge in [0.1, 0.15) is 11.5 Å². The molecule has 2 heterocycles. The number of rotatable bonds is 1. The molecule has 0 saturated heterocycles. The van der Waals surface area contributed by atoms with E-state index in [-0.39, 0.29) is 17.4 Å². The molecule has 0 atom stereocenters. The summed E-state index contributed by atoms with van der Waals surface area (Å²) in [6, 6.07) is 0. The van der Waals surface area contributed by atoms with E-state index in [0.29, 0.717) is 5.56 Å². The fraction of sp³-hybridized carbons (Fsp3) is 0.286. The van der Waals surface area contributed by atoms with Crippen LogP contribution >= 0.6 is 0 Å². The number of alkyl halides is 3. The van der Waals surface area contributed by atoms with Crippen molar-refractivity contribution in [2.24, 2.45) is 0 Å². The number of anilines is 1. The van der Waals surface area contributed by atoms with Crippen LogP contribution in [0.4, 0.5) is 19.0 Å². The Balaban J connectivity index is 2.43. The number of nitrogens with zero attached hydrogens (tertiary/aromatic N) is 3. The first-order chi connectivity index (χ1) is 7.39. The first kappa shape index (κ1) is 10.5. The summed E-state index contributed by atoms with van der Waals surface area (Å²) < 4.78 is 41.0. The molecule has 9 heteroatoms. The normalized spacial score (nSPS) is 12.0. The van der Waals surface area contributed by atoms with Gasteiger partial charge >= 0.3 is 6.18 Å². The van der Waals surface area contributed by atoms with E-state index >= 15 is 0 Å². The molecule has 0 aliphatic rings. The minimum atomic E-state index is -4.64. The van der Waals surface area contributed by atoms with Crippen molar-refractivity contribution in [1.82, 2.24) is 20.3 Å². The molecule has 3 N–H and O–H groups in total. The van der Waals surface area contributed by atoms with E-state index in [4.69, 9.17) is 5.73 Å². The number of aromatic nitrogens is 4. The Morgan fingerprint density at radius 3 is 2.50 bits per heavy atom. The summed E-state index contributed by atoms with van der Waals surface area (Å²) in [4.78, 5) is 3.20. The van der Waals surface area contributed by atoms with Crippen LogP contribution in [-0.2, 0) is 6.18 Å². The van der Waals surface area contributed by atoms with Crippen molar-refractivity contribution < 1.29 is 17.7 Å². The largest absolute Gasteiger partial charge is 0.455 e. The second kappa shape index (κ2) is 3.22. The van der Waals surface area contributed by atoms with E-state index in [1.54, 1.807) is 6.92 Å². The highest BCUT2D eigenvalue weighted by molar-refractivity contribution is 5.59. The summed E-state index contributed by atoms with van der Waals surface area (Å²) >= 11 is 0. The second-order valence-electron chi connectivity index (χ2n) is 3.03. The van der Waals surface area contributed by atoms with Gasteiger partial charge in [-0.3, -0.25) is 5.10 Å². The minimum Gasteiger partial charge on any atom is -0.382 e. The summed E-state index contributed by atoms with van der Waals surface area (Å²) in [6.45, 7) is 1.58. The topological polar surface area (TPSA) is 93.6 Å². The van der Waals surface area contributed by atoms with Crippen molar-refractivity contribution in [1.29, 1.82) is 0 Å². The van der Waals surface area contributed by atoms with Crippen LogP contribution in [0.2, 0.25) is 0 Å². The lowest BCUT2D eigenvalue weighted by atomic mass is 10.2. The van der Waals surface area contributed by atoms with Gasteiger partial charge in [0.15, 0.2) is 0 Å². The van der Waals surface area contributed by atoms with Crippen molar-refractivity contribution in [3.05, 3.63) is 11.4 Å². The van der Waals surface area contributed by atoms with Crippen LogP contribution in [0.15, 0.2) is 4.52 Å². The molecule has 6 nitrogen and oxygen atoms in total. The lowest BCUT2D eigenvalue weighted by molar-refractivity contribution is -0.146. The smallest absolute Gasteiger partial charge is 0.382 e. The van der Waals surface area contributed by atoms with Crippen molar-refractivity contribution in [2.75, 3.05) is 5.73 Å². The molecule has 86 valence electrons. The first-order valence-corrected chi connectivity index (χ1v) is 4.11. The molecule has 0 amide bonds. The molecule has 0 aromatic carbocycles. The quantitative estimate of drug-likeness (QED) is 0.775. The van der Waals surface area contributed by atoms with Crippen molar-refractivity contribution in [3.8, 4) is 11.6 Å². The second-order valence-corrected chi connectivity index (χ2v) is 3.03. The Morgan fingerprint density at radius 1 is 1.38 bits per heavy atom. The van der Waals surface area contributed by atoms with E-state index in [9.17, 15) is 13.2 Å². The van der Waals surface area contributed by atoms with Crippen LogP contribution in [0.1, 0.15) is 11.4 Å². The third kappa shape index (κ3) is 1.59. The van der Waals surface area contributed by atoms with Gasteiger partial charge in [-0.1, -0.05) is 5.16 Å². The highest BCUT2D eigenvalue weighted by Gasteiger charge is 2.37. The van der Waals surface area contributed by atoms with Crippen molar-refractivity contribution in [2.45, 2.75) is 13.1 Å². The number of halogens is 3. The van der Waals surface area contributed by atoms with Crippen LogP contribution in [-0.4, -0.2) is 20.3 Å². The molecule has 0 aliphatic heterocycles. The highest BCUT2D eigenvalue weighted by atomic mass is 19.4. The van der Waals surface area contributed by atoms with Gasteiger partial charge in [-0.2, -0.15) is 23.3 Å². The number of hydrogen-bond acceptors (Lipinski definition) is 5. The zero-order valence-electron chi connectivity index (χ0n) is 7.96. The maximum Gasteiger partial charge on any atom is 0.455 e. The SMILES string of the molecule is Cc1c(N)n[nH]c1-c1nc(C(F)(F)F)no1. The third-order valence-electron chi connectivity index (χ3n) is 1.94. The average Bonchev–Trinajstić information content (AvgIpc) is 2.74. The first-order valence-electron chi connectivity index (χ1n) is 4.11. The molecule has 2 aromatic rings. The molecular weight excluding hydrogens is 227 g/mol. The Hall–Kier alpha value is -2.06. The molecule has 0 fully saturated rings. The zero-order valence-corrected chi connectivity index (χ0v) is 7.96. The lowest BCUT2D eigenvalue weighted by Crippen LogP contribution is -2.07. The fourth-order valence-corrected chi connectivity index (χ4v) is 1.06. The van der Waals surface area contributed by atoms with E-state index in [0.717, 1.165) is 0 Å². The monoisotopic (exact) mass is 233 g/mol. The van der Waals surface area contributed by atoms with Crippen molar-refractivity contribution in [3.63, 3.8) is 0 Å². The molecule has 0 bridgehead atoms. The maximum absolute atomic E-state index is 12.2. The van der Waals surface area contributed by atoms with Gasteiger partial charge in [-0.05, 0) is 6.92 Å². The van der Waals surface area contributed by atoms with E-state index in [2.05, 4.69) is 24.9 Å². The van der Waals surface area contributed by atoms with Gasteiger partial charge in [0.2, 0.25) is 0 Å². The zero-order chi connectivity index (χ0) is 11.9. The van der Waals surface area contributed by atoms with E-state index < -0.39 is 12.0 Å². The van der Waals surface area contributed by atoms with Crippen LogP contribution in [0.5, 0.6) is 0 Å². The third-order valence-corrected chi connectivity index (χ3v) is 1.94. The predicted octanol–water partition coefficient (Wildman–Crippen LogP) is 1.37. The molecule has 2 aromatic heterocycles. The van der Waals surface area contributed by atoms with Gasteiger partial charge in [0.05, 0.1) is 0 Å². The Morgan fingerprint density at radius 2 is 2.06 bits per heavy atom. The van der Waals surface area contributed by atoms with Crippen LogP contribution in [0.25, 0.3) is 11.6 Å². The molecule has 0 saturated carbocycles. The standard InChI is InChI=1S/C7H6F3N5O/c1-2-3(13-14-4(2)11)5-12-6(15-16-5)7(8,9)10/h1H3,(H3,11,13,14). The minimum absolute atomic E-state index is 0.168. The van der Waals surface area contributed by atoms with Gasteiger partial charge < -0.3 is 10.3 Å².